The van der Waals surface area contributed by atoms with Gasteiger partial charge in [0.1, 0.15) is 5.82 Å². The van der Waals surface area contributed by atoms with Crippen molar-refractivity contribution in [3.05, 3.63) is 48.0 Å². The number of aromatic nitrogens is 2. The summed E-state index contributed by atoms with van der Waals surface area (Å²) >= 11 is 0. The fraction of sp³-hybridized carbons (Fsp3) is 0.348. The number of carbonyl (C=O) groups is 1. The third-order valence-electron chi connectivity index (χ3n) is 5.76. The first kappa shape index (κ1) is 20.7. The molecule has 1 fully saturated rings. The van der Waals surface area contributed by atoms with Crippen LogP contribution in [0.15, 0.2) is 42.5 Å². The summed E-state index contributed by atoms with van der Waals surface area (Å²) in [7, 11) is 3.16. The number of methoxy groups -OCH3 is 2. The van der Waals surface area contributed by atoms with Crippen LogP contribution in [0.2, 0.25) is 0 Å². The molecule has 31 heavy (non-hydrogen) atoms. The molecule has 1 aliphatic heterocycles. The number of anilines is 2. The van der Waals surface area contributed by atoms with Crippen molar-refractivity contribution in [3.8, 4) is 11.5 Å². The van der Waals surface area contributed by atoms with E-state index in [9.17, 15) is 4.79 Å². The highest BCUT2D eigenvalue weighted by molar-refractivity contribution is 5.91. The van der Waals surface area contributed by atoms with Crippen molar-refractivity contribution in [1.29, 1.82) is 0 Å². The molecule has 0 spiro atoms. The molecule has 1 atom stereocenters. The van der Waals surface area contributed by atoms with Crippen LogP contribution in [0.3, 0.4) is 0 Å². The molecule has 0 radical (unpaired) electrons. The SMILES string of the molecule is COc1cc2nc(N3CCN(C(=O)C(C)c4ccccc4)CC3)nc(N)c2cc1OC. The lowest BCUT2D eigenvalue weighted by molar-refractivity contribution is -0.132. The summed E-state index contributed by atoms with van der Waals surface area (Å²) < 4.78 is 10.7. The summed E-state index contributed by atoms with van der Waals surface area (Å²) in [5.74, 6) is 2.09. The van der Waals surface area contributed by atoms with Gasteiger partial charge < -0.3 is 25.0 Å². The molecule has 4 rings (SSSR count). The number of benzene rings is 2. The minimum Gasteiger partial charge on any atom is -0.493 e. The van der Waals surface area contributed by atoms with Crippen LogP contribution in [-0.4, -0.2) is 61.2 Å². The van der Waals surface area contributed by atoms with Gasteiger partial charge in [-0.2, -0.15) is 4.98 Å². The highest BCUT2D eigenvalue weighted by Gasteiger charge is 2.27. The van der Waals surface area contributed by atoms with E-state index < -0.39 is 0 Å². The van der Waals surface area contributed by atoms with Crippen LogP contribution in [0.1, 0.15) is 18.4 Å². The van der Waals surface area contributed by atoms with E-state index in [0.29, 0.717) is 60.3 Å². The third-order valence-corrected chi connectivity index (χ3v) is 5.76. The number of nitrogen functional groups attached to an aromatic ring is 1. The smallest absolute Gasteiger partial charge is 0.229 e. The van der Waals surface area contributed by atoms with Crippen LogP contribution in [0.5, 0.6) is 11.5 Å². The fourth-order valence-corrected chi connectivity index (χ4v) is 3.89. The Balaban J connectivity index is 1.50. The molecule has 3 aromatic rings. The van der Waals surface area contributed by atoms with E-state index >= 15 is 0 Å². The lowest BCUT2D eigenvalue weighted by atomic mass is 9.99. The number of rotatable bonds is 5. The number of nitrogens with two attached hydrogens (primary N) is 1. The molecule has 1 unspecified atom stereocenters. The van der Waals surface area contributed by atoms with Crippen molar-refractivity contribution in [1.82, 2.24) is 14.9 Å². The molecular weight excluding hydrogens is 394 g/mol. The molecule has 8 nitrogen and oxygen atoms in total. The molecule has 1 amide bonds. The first-order valence-corrected chi connectivity index (χ1v) is 10.3. The Morgan fingerprint density at radius 3 is 2.29 bits per heavy atom. The molecule has 0 bridgehead atoms. The molecular formula is C23H27N5O3. The van der Waals surface area contributed by atoms with E-state index in [2.05, 4.69) is 9.88 Å². The van der Waals surface area contributed by atoms with Gasteiger partial charge >= 0.3 is 0 Å². The molecule has 1 aromatic heterocycles. The average Bonchev–Trinajstić information content (AvgIpc) is 2.82. The maximum atomic E-state index is 12.9. The molecule has 1 aliphatic rings. The number of carbonyl (C=O) groups excluding carboxylic acids is 1. The highest BCUT2D eigenvalue weighted by atomic mass is 16.5. The first-order valence-electron chi connectivity index (χ1n) is 10.3. The van der Waals surface area contributed by atoms with Crippen LogP contribution < -0.4 is 20.1 Å². The van der Waals surface area contributed by atoms with Gasteiger partial charge in [0.05, 0.1) is 25.7 Å². The van der Waals surface area contributed by atoms with Crippen molar-refractivity contribution >= 4 is 28.6 Å². The zero-order valence-corrected chi connectivity index (χ0v) is 18.0. The quantitative estimate of drug-likeness (QED) is 0.677. The second-order valence-corrected chi connectivity index (χ2v) is 7.58. The monoisotopic (exact) mass is 421 g/mol. The zero-order valence-electron chi connectivity index (χ0n) is 18.0. The van der Waals surface area contributed by atoms with Gasteiger partial charge in [0, 0.05) is 37.6 Å². The number of piperazine rings is 1. The third kappa shape index (κ3) is 4.05. The Morgan fingerprint density at radius 1 is 1.00 bits per heavy atom. The van der Waals surface area contributed by atoms with Gasteiger partial charge in [-0.3, -0.25) is 4.79 Å². The maximum Gasteiger partial charge on any atom is 0.229 e. The van der Waals surface area contributed by atoms with Crippen LogP contribution in [0.25, 0.3) is 10.9 Å². The van der Waals surface area contributed by atoms with Crippen molar-refractivity contribution in [2.45, 2.75) is 12.8 Å². The fourth-order valence-electron chi connectivity index (χ4n) is 3.89. The largest absolute Gasteiger partial charge is 0.493 e. The van der Waals surface area contributed by atoms with Crippen LogP contribution in [0.4, 0.5) is 11.8 Å². The second kappa shape index (κ2) is 8.67. The minimum absolute atomic E-state index is 0.140. The summed E-state index contributed by atoms with van der Waals surface area (Å²) in [5.41, 5.74) is 7.94. The summed E-state index contributed by atoms with van der Waals surface area (Å²) in [5, 5.41) is 0.715. The summed E-state index contributed by atoms with van der Waals surface area (Å²) in [4.78, 5) is 26.1. The van der Waals surface area contributed by atoms with Gasteiger partial charge in [-0.15, -0.1) is 0 Å². The number of fused-ring (bicyclic) bond motifs is 1. The number of ether oxygens (including phenoxy) is 2. The van der Waals surface area contributed by atoms with Crippen LogP contribution in [-0.2, 0) is 4.79 Å². The Hall–Kier alpha value is -3.55. The van der Waals surface area contributed by atoms with Gasteiger partial charge in [0.15, 0.2) is 11.5 Å². The molecule has 8 heteroatoms. The molecule has 2 aromatic carbocycles. The van der Waals surface area contributed by atoms with Crippen molar-refractivity contribution in [3.63, 3.8) is 0 Å². The van der Waals surface area contributed by atoms with Crippen molar-refractivity contribution < 1.29 is 14.3 Å². The maximum absolute atomic E-state index is 12.9. The Labute approximate surface area is 181 Å². The molecule has 0 saturated carbocycles. The van der Waals surface area contributed by atoms with Gasteiger partial charge in [-0.05, 0) is 18.6 Å². The molecule has 162 valence electrons. The highest BCUT2D eigenvalue weighted by Crippen LogP contribution is 2.34. The topological polar surface area (TPSA) is 93.8 Å². The van der Waals surface area contributed by atoms with E-state index in [1.165, 1.54) is 0 Å². The van der Waals surface area contributed by atoms with Crippen LogP contribution >= 0.6 is 0 Å². The first-order chi connectivity index (χ1) is 15.0. The average molecular weight is 422 g/mol. The Morgan fingerprint density at radius 2 is 1.65 bits per heavy atom. The van der Waals surface area contributed by atoms with E-state index in [-0.39, 0.29) is 11.8 Å². The van der Waals surface area contributed by atoms with Gasteiger partial charge in [0.25, 0.3) is 0 Å². The molecule has 0 aliphatic carbocycles. The standard InChI is InChI=1S/C23H27N5O3/c1-15(16-7-5-4-6-8-16)22(29)27-9-11-28(12-10-27)23-25-18-14-20(31-3)19(30-2)13-17(18)21(24)26-23/h4-8,13-15H,9-12H2,1-3H3,(H2,24,25,26). The number of nitrogens with zero attached hydrogens (tertiary/aromatic N) is 4. The normalized spacial score (nSPS) is 15.1. The van der Waals surface area contributed by atoms with E-state index in [1.807, 2.05) is 42.2 Å². The van der Waals surface area contributed by atoms with Gasteiger partial charge in [0.2, 0.25) is 11.9 Å². The summed E-state index contributed by atoms with van der Waals surface area (Å²) in [6, 6.07) is 13.5. The van der Waals surface area contributed by atoms with E-state index in [1.54, 1.807) is 26.4 Å². The molecule has 1 saturated heterocycles. The summed E-state index contributed by atoms with van der Waals surface area (Å²) in [6.45, 7) is 4.47. The van der Waals surface area contributed by atoms with Crippen molar-refractivity contribution in [2.75, 3.05) is 51.0 Å². The van der Waals surface area contributed by atoms with E-state index in [4.69, 9.17) is 20.2 Å². The predicted molar refractivity (Wildman–Crippen MR) is 121 cm³/mol. The summed E-state index contributed by atoms with van der Waals surface area (Å²) in [6.07, 6.45) is 0. The molecule has 2 heterocycles. The van der Waals surface area contributed by atoms with Crippen LogP contribution in [0, 0.1) is 0 Å². The lowest BCUT2D eigenvalue weighted by Crippen LogP contribution is -2.50. The van der Waals surface area contributed by atoms with Gasteiger partial charge in [-0.1, -0.05) is 30.3 Å². The molecule has 2 N–H and O–H groups in total. The van der Waals surface area contributed by atoms with E-state index in [0.717, 1.165) is 5.56 Å². The van der Waals surface area contributed by atoms with Crippen molar-refractivity contribution in [2.24, 2.45) is 0 Å². The zero-order chi connectivity index (χ0) is 22.0. The number of hydrogen-bond donors (Lipinski definition) is 1. The minimum atomic E-state index is -0.164. The predicted octanol–water partition coefficient (Wildman–Crippen LogP) is 2.68. The Kier molecular flexibility index (Phi) is 5.79. The van der Waals surface area contributed by atoms with Gasteiger partial charge in [-0.25, -0.2) is 4.98 Å². The number of hydrogen-bond acceptors (Lipinski definition) is 7. The number of amides is 1. The lowest BCUT2D eigenvalue weighted by Gasteiger charge is -2.36. The second-order valence-electron chi connectivity index (χ2n) is 7.58. The Bertz CT molecular complexity index is 1080.